The van der Waals surface area contributed by atoms with Gasteiger partial charge in [-0.15, -0.1) is 0 Å². The van der Waals surface area contributed by atoms with Crippen LogP contribution >= 0.6 is 23.2 Å². The third-order valence-corrected chi connectivity index (χ3v) is 1.32. The molecule has 1 rings (SSSR count). The molecule has 0 aliphatic carbocycles. The molecular weight excluding hydrogens is 216 g/mol. The number of aromatic nitrogens is 2. The van der Waals surface area contributed by atoms with E-state index in [-0.39, 0.29) is 5.15 Å². The molecule has 0 saturated carbocycles. The Morgan fingerprint density at radius 1 is 1.17 bits per heavy atom. The number of halogens is 5. The second-order valence-corrected chi connectivity index (χ2v) is 2.57. The standard InChI is InChI=1S/C5HCl2F3N2/c6-3-1-2(5(8,9)10)11-4(7)12-3/h1H. The Labute approximate surface area is 75.3 Å². The van der Waals surface area contributed by atoms with Crippen molar-refractivity contribution in [2.24, 2.45) is 0 Å². The average molecular weight is 217 g/mol. The van der Waals surface area contributed by atoms with E-state index in [1.165, 1.54) is 0 Å². The molecular formula is C5HCl2F3N2. The van der Waals surface area contributed by atoms with Crippen molar-refractivity contribution in [2.75, 3.05) is 0 Å². The molecule has 1 aromatic heterocycles. The van der Waals surface area contributed by atoms with Gasteiger partial charge in [-0.3, -0.25) is 0 Å². The second-order valence-electron chi connectivity index (χ2n) is 1.84. The van der Waals surface area contributed by atoms with E-state index in [1.54, 1.807) is 0 Å². The zero-order chi connectivity index (χ0) is 9.35. The van der Waals surface area contributed by atoms with Gasteiger partial charge in [0.1, 0.15) is 5.15 Å². The van der Waals surface area contributed by atoms with Crippen molar-refractivity contribution >= 4 is 23.2 Å². The largest absolute Gasteiger partial charge is 0.433 e. The molecule has 7 heteroatoms. The molecule has 0 radical (unpaired) electrons. The van der Waals surface area contributed by atoms with E-state index in [0.29, 0.717) is 6.07 Å². The van der Waals surface area contributed by atoms with Crippen molar-refractivity contribution in [2.45, 2.75) is 6.18 Å². The summed E-state index contributed by atoms with van der Waals surface area (Å²) >= 11 is 10.4. The summed E-state index contributed by atoms with van der Waals surface area (Å²) in [5.74, 6) is 0. The summed E-state index contributed by atoms with van der Waals surface area (Å²) < 4.78 is 35.8. The van der Waals surface area contributed by atoms with E-state index in [4.69, 9.17) is 23.2 Å². The first kappa shape index (κ1) is 9.54. The molecule has 2 nitrogen and oxygen atoms in total. The maximum absolute atomic E-state index is 11.9. The van der Waals surface area contributed by atoms with Crippen LogP contribution in [0.25, 0.3) is 0 Å². The number of alkyl halides is 3. The molecule has 0 aliphatic heterocycles. The molecule has 0 spiro atoms. The van der Waals surface area contributed by atoms with Crippen molar-refractivity contribution < 1.29 is 13.2 Å². The molecule has 12 heavy (non-hydrogen) atoms. The van der Waals surface area contributed by atoms with Crippen LogP contribution in [0.1, 0.15) is 5.69 Å². The lowest BCUT2D eigenvalue weighted by molar-refractivity contribution is -0.141. The zero-order valence-corrected chi connectivity index (χ0v) is 6.87. The van der Waals surface area contributed by atoms with E-state index >= 15 is 0 Å². The molecule has 0 saturated heterocycles. The molecule has 0 N–H and O–H groups in total. The first-order valence-corrected chi connectivity index (χ1v) is 3.42. The van der Waals surface area contributed by atoms with Crippen LogP contribution in [0.15, 0.2) is 6.07 Å². The van der Waals surface area contributed by atoms with Crippen LogP contribution in [0.4, 0.5) is 13.2 Å². The van der Waals surface area contributed by atoms with Crippen LogP contribution in [-0.4, -0.2) is 9.97 Å². The van der Waals surface area contributed by atoms with Gasteiger partial charge in [-0.1, -0.05) is 11.6 Å². The summed E-state index contributed by atoms with van der Waals surface area (Å²) in [6, 6.07) is 0.605. The van der Waals surface area contributed by atoms with Crippen LogP contribution in [0.5, 0.6) is 0 Å². The monoisotopic (exact) mass is 216 g/mol. The van der Waals surface area contributed by atoms with Crippen LogP contribution in [-0.2, 0) is 6.18 Å². The Morgan fingerprint density at radius 2 is 1.75 bits per heavy atom. The van der Waals surface area contributed by atoms with Gasteiger partial charge in [-0.25, -0.2) is 9.97 Å². The number of rotatable bonds is 0. The Morgan fingerprint density at radius 3 is 2.17 bits per heavy atom. The van der Waals surface area contributed by atoms with Crippen molar-refractivity contribution in [3.8, 4) is 0 Å². The van der Waals surface area contributed by atoms with Gasteiger partial charge in [-0.2, -0.15) is 13.2 Å². The molecule has 0 fully saturated rings. The van der Waals surface area contributed by atoms with Gasteiger partial charge in [0.05, 0.1) is 0 Å². The average Bonchev–Trinajstić information content (AvgIpc) is 1.82. The summed E-state index contributed by atoms with van der Waals surface area (Å²) in [5.41, 5.74) is -1.15. The predicted octanol–water partition coefficient (Wildman–Crippen LogP) is 2.80. The van der Waals surface area contributed by atoms with E-state index in [0.717, 1.165) is 0 Å². The molecule has 0 aromatic carbocycles. The van der Waals surface area contributed by atoms with Gasteiger partial charge in [0.25, 0.3) is 0 Å². The van der Waals surface area contributed by atoms with Gasteiger partial charge < -0.3 is 0 Å². The highest BCUT2D eigenvalue weighted by Crippen LogP contribution is 2.29. The number of hydrogen-bond donors (Lipinski definition) is 0. The van der Waals surface area contributed by atoms with Gasteiger partial charge in [0.2, 0.25) is 5.28 Å². The maximum Gasteiger partial charge on any atom is 0.433 e. The fourth-order valence-corrected chi connectivity index (χ4v) is 0.944. The van der Waals surface area contributed by atoms with Crippen LogP contribution in [0, 0.1) is 0 Å². The van der Waals surface area contributed by atoms with E-state index in [1.807, 2.05) is 0 Å². The molecule has 0 aliphatic rings. The highest BCUT2D eigenvalue weighted by molar-refractivity contribution is 6.31. The summed E-state index contributed by atoms with van der Waals surface area (Å²) in [6.07, 6.45) is -4.55. The minimum atomic E-state index is -4.55. The first-order valence-electron chi connectivity index (χ1n) is 2.67. The SMILES string of the molecule is FC(F)(F)c1cc(Cl)nc(Cl)n1. The highest BCUT2D eigenvalue weighted by Gasteiger charge is 2.33. The summed E-state index contributed by atoms with van der Waals surface area (Å²) in [6.45, 7) is 0. The summed E-state index contributed by atoms with van der Waals surface area (Å²) in [5, 5.41) is -0.850. The highest BCUT2D eigenvalue weighted by atomic mass is 35.5. The third-order valence-electron chi connectivity index (χ3n) is 0.958. The Balaban J connectivity index is 3.18. The van der Waals surface area contributed by atoms with Crippen molar-refractivity contribution in [3.63, 3.8) is 0 Å². The topological polar surface area (TPSA) is 25.8 Å². The molecule has 0 bridgehead atoms. The summed E-state index contributed by atoms with van der Waals surface area (Å²) in [7, 11) is 0. The fraction of sp³-hybridized carbons (Fsp3) is 0.200. The number of nitrogens with zero attached hydrogens (tertiary/aromatic N) is 2. The van der Waals surface area contributed by atoms with Gasteiger partial charge in [0, 0.05) is 6.07 Å². The fourth-order valence-electron chi connectivity index (χ4n) is 0.535. The van der Waals surface area contributed by atoms with E-state index in [9.17, 15) is 13.2 Å². The lowest BCUT2D eigenvalue weighted by Crippen LogP contribution is -2.08. The van der Waals surface area contributed by atoms with E-state index in [2.05, 4.69) is 9.97 Å². The zero-order valence-electron chi connectivity index (χ0n) is 5.36. The lowest BCUT2D eigenvalue weighted by atomic mass is 10.4. The molecule has 0 amide bonds. The van der Waals surface area contributed by atoms with Gasteiger partial charge in [-0.05, 0) is 11.6 Å². The number of hydrogen-bond acceptors (Lipinski definition) is 2. The van der Waals surface area contributed by atoms with Gasteiger partial charge in [0.15, 0.2) is 5.69 Å². The first-order chi connectivity index (χ1) is 5.39. The van der Waals surface area contributed by atoms with Gasteiger partial charge >= 0.3 is 6.18 Å². The maximum atomic E-state index is 11.9. The van der Waals surface area contributed by atoms with Crippen LogP contribution in [0.3, 0.4) is 0 Å². The lowest BCUT2D eigenvalue weighted by Gasteiger charge is -2.04. The normalized spacial score (nSPS) is 11.8. The van der Waals surface area contributed by atoms with Crippen molar-refractivity contribution in [1.29, 1.82) is 0 Å². The molecule has 1 heterocycles. The van der Waals surface area contributed by atoms with Crippen LogP contribution in [0.2, 0.25) is 10.4 Å². The predicted molar refractivity (Wildman–Crippen MR) is 37.1 cm³/mol. The Kier molecular flexibility index (Phi) is 2.44. The molecule has 0 atom stereocenters. The molecule has 0 unspecified atom stereocenters. The molecule has 1 aromatic rings. The molecule has 66 valence electrons. The van der Waals surface area contributed by atoms with Crippen molar-refractivity contribution in [1.82, 2.24) is 9.97 Å². The second kappa shape index (κ2) is 3.06. The minimum absolute atomic E-state index is 0.331. The van der Waals surface area contributed by atoms with Crippen LogP contribution < -0.4 is 0 Å². The third kappa shape index (κ3) is 2.22. The van der Waals surface area contributed by atoms with Crippen molar-refractivity contribution in [3.05, 3.63) is 22.2 Å². The minimum Gasteiger partial charge on any atom is -0.213 e. The van der Waals surface area contributed by atoms with E-state index < -0.39 is 17.2 Å². The summed E-state index contributed by atoms with van der Waals surface area (Å²) in [4.78, 5) is 6.22. The smallest absolute Gasteiger partial charge is 0.213 e. The Bertz CT molecular complexity index is 279. The quantitative estimate of drug-likeness (QED) is 0.493. The Hall–Kier alpha value is -0.550.